The van der Waals surface area contributed by atoms with E-state index in [9.17, 15) is 4.79 Å². The highest BCUT2D eigenvalue weighted by Crippen LogP contribution is 2.16. The standard InChI is InChI=1S/C13H12ClN3O/c1-8-4-9(6-10(14)5-8)13(18)17-11-2-3-12(15)16-7-11/h2-7H,1H3,(H2,15,16)(H,17,18). The summed E-state index contributed by atoms with van der Waals surface area (Å²) in [6.45, 7) is 1.88. The van der Waals surface area contributed by atoms with Crippen LogP contribution in [0.4, 0.5) is 11.5 Å². The van der Waals surface area contributed by atoms with Crippen LogP contribution in [-0.2, 0) is 0 Å². The molecule has 0 fully saturated rings. The van der Waals surface area contributed by atoms with Gasteiger partial charge in [-0.15, -0.1) is 0 Å². The molecule has 0 radical (unpaired) electrons. The average molecular weight is 262 g/mol. The Kier molecular flexibility index (Phi) is 3.48. The molecule has 0 atom stereocenters. The second-order valence-corrected chi connectivity index (χ2v) is 4.38. The first-order valence-corrected chi connectivity index (χ1v) is 5.72. The Morgan fingerprint density at radius 3 is 2.72 bits per heavy atom. The summed E-state index contributed by atoms with van der Waals surface area (Å²) in [5, 5.41) is 3.26. The van der Waals surface area contributed by atoms with Crippen LogP contribution in [0.3, 0.4) is 0 Å². The molecule has 0 saturated carbocycles. The van der Waals surface area contributed by atoms with Gasteiger partial charge in [0.15, 0.2) is 0 Å². The maximum atomic E-state index is 12.0. The Labute approximate surface area is 110 Å². The van der Waals surface area contributed by atoms with Crippen molar-refractivity contribution < 1.29 is 4.79 Å². The topological polar surface area (TPSA) is 68.0 Å². The quantitative estimate of drug-likeness (QED) is 0.873. The zero-order valence-electron chi connectivity index (χ0n) is 9.77. The van der Waals surface area contributed by atoms with Crippen LogP contribution in [0.1, 0.15) is 15.9 Å². The molecule has 1 heterocycles. The van der Waals surface area contributed by atoms with Crippen LogP contribution in [-0.4, -0.2) is 10.9 Å². The molecule has 92 valence electrons. The minimum atomic E-state index is -0.229. The van der Waals surface area contributed by atoms with Crippen molar-refractivity contribution in [3.8, 4) is 0 Å². The van der Waals surface area contributed by atoms with E-state index >= 15 is 0 Å². The fraction of sp³-hybridized carbons (Fsp3) is 0.0769. The Balaban J connectivity index is 2.19. The first-order valence-electron chi connectivity index (χ1n) is 5.34. The molecule has 1 aromatic carbocycles. The maximum absolute atomic E-state index is 12.0. The molecular formula is C13H12ClN3O. The molecule has 4 nitrogen and oxygen atoms in total. The molecule has 1 aromatic heterocycles. The van der Waals surface area contributed by atoms with Gasteiger partial charge in [-0.3, -0.25) is 4.79 Å². The number of aryl methyl sites for hydroxylation is 1. The van der Waals surface area contributed by atoms with Crippen LogP contribution in [0.25, 0.3) is 0 Å². The van der Waals surface area contributed by atoms with Crippen molar-refractivity contribution in [3.05, 3.63) is 52.7 Å². The van der Waals surface area contributed by atoms with Crippen molar-refractivity contribution in [2.24, 2.45) is 0 Å². The summed E-state index contributed by atoms with van der Waals surface area (Å²) in [6.07, 6.45) is 1.50. The van der Waals surface area contributed by atoms with Gasteiger partial charge >= 0.3 is 0 Å². The number of hydrogen-bond donors (Lipinski definition) is 2. The molecule has 0 saturated heterocycles. The zero-order valence-corrected chi connectivity index (χ0v) is 10.5. The van der Waals surface area contributed by atoms with Gasteiger partial charge in [0.05, 0.1) is 11.9 Å². The van der Waals surface area contributed by atoms with E-state index in [4.69, 9.17) is 17.3 Å². The SMILES string of the molecule is Cc1cc(Cl)cc(C(=O)Nc2ccc(N)nc2)c1. The van der Waals surface area contributed by atoms with Crippen LogP contribution in [0.2, 0.25) is 5.02 Å². The minimum Gasteiger partial charge on any atom is -0.384 e. The number of nitrogens with one attached hydrogen (secondary N) is 1. The van der Waals surface area contributed by atoms with E-state index in [0.29, 0.717) is 22.1 Å². The molecule has 3 N–H and O–H groups in total. The van der Waals surface area contributed by atoms with Gasteiger partial charge in [0.2, 0.25) is 0 Å². The van der Waals surface area contributed by atoms with Crippen molar-refractivity contribution in [3.63, 3.8) is 0 Å². The molecule has 2 rings (SSSR count). The summed E-state index contributed by atoms with van der Waals surface area (Å²) in [5.74, 6) is 0.179. The van der Waals surface area contributed by atoms with E-state index < -0.39 is 0 Å². The number of carbonyl (C=O) groups is 1. The van der Waals surface area contributed by atoms with Crippen molar-refractivity contribution in [1.29, 1.82) is 0 Å². The summed E-state index contributed by atoms with van der Waals surface area (Å²) >= 11 is 5.91. The third kappa shape index (κ3) is 2.99. The molecular weight excluding hydrogens is 250 g/mol. The largest absolute Gasteiger partial charge is 0.384 e. The summed E-state index contributed by atoms with van der Waals surface area (Å²) in [6, 6.07) is 8.50. The molecule has 0 aliphatic carbocycles. The lowest BCUT2D eigenvalue weighted by molar-refractivity contribution is 0.102. The first kappa shape index (κ1) is 12.4. The van der Waals surface area contributed by atoms with Crippen molar-refractivity contribution in [2.75, 3.05) is 11.1 Å². The Bertz CT molecular complexity index is 561. The van der Waals surface area contributed by atoms with Gasteiger partial charge in [-0.1, -0.05) is 11.6 Å². The summed E-state index contributed by atoms with van der Waals surface area (Å²) in [7, 11) is 0. The van der Waals surface area contributed by atoms with Gasteiger partial charge < -0.3 is 11.1 Å². The van der Waals surface area contributed by atoms with Crippen molar-refractivity contribution in [2.45, 2.75) is 6.92 Å². The first-order chi connectivity index (χ1) is 8.54. The molecule has 2 aromatic rings. The summed E-state index contributed by atoms with van der Waals surface area (Å²) in [5.41, 5.74) is 7.50. The van der Waals surface area contributed by atoms with Gasteiger partial charge in [-0.2, -0.15) is 0 Å². The van der Waals surface area contributed by atoms with Crippen molar-refractivity contribution >= 4 is 29.0 Å². The lowest BCUT2D eigenvalue weighted by atomic mass is 10.1. The fourth-order valence-corrected chi connectivity index (χ4v) is 1.84. The van der Waals surface area contributed by atoms with Crippen molar-refractivity contribution in [1.82, 2.24) is 4.98 Å². The van der Waals surface area contributed by atoms with Gasteiger partial charge in [-0.25, -0.2) is 4.98 Å². The molecule has 1 amide bonds. The third-order valence-corrected chi connectivity index (χ3v) is 2.57. The third-order valence-electron chi connectivity index (χ3n) is 2.35. The maximum Gasteiger partial charge on any atom is 0.255 e. The number of benzene rings is 1. The Morgan fingerprint density at radius 2 is 2.11 bits per heavy atom. The van der Waals surface area contributed by atoms with E-state index in [2.05, 4.69) is 10.3 Å². The van der Waals surface area contributed by atoms with E-state index in [1.807, 2.05) is 6.92 Å². The smallest absolute Gasteiger partial charge is 0.255 e. The van der Waals surface area contributed by atoms with Crippen LogP contribution in [0.15, 0.2) is 36.5 Å². The summed E-state index contributed by atoms with van der Waals surface area (Å²) < 4.78 is 0. The molecule has 0 unspecified atom stereocenters. The summed E-state index contributed by atoms with van der Waals surface area (Å²) in [4.78, 5) is 15.9. The number of halogens is 1. The number of nitrogens with zero attached hydrogens (tertiary/aromatic N) is 1. The molecule has 5 heteroatoms. The van der Waals surface area contributed by atoms with E-state index in [1.165, 1.54) is 6.20 Å². The number of rotatable bonds is 2. The minimum absolute atomic E-state index is 0.229. The highest BCUT2D eigenvalue weighted by molar-refractivity contribution is 6.31. The number of amides is 1. The van der Waals surface area contributed by atoms with Crippen LogP contribution >= 0.6 is 11.6 Å². The number of nitrogens with two attached hydrogens (primary N) is 1. The number of pyridine rings is 1. The highest BCUT2D eigenvalue weighted by atomic mass is 35.5. The van der Waals surface area contributed by atoms with Gasteiger partial charge in [0.1, 0.15) is 5.82 Å². The number of nitrogen functional groups attached to an aromatic ring is 1. The lowest BCUT2D eigenvalue weighted by Gasteiger charge is -2.06. The van der Waals surface area contributed by atoms with E-state index in [1.54, 1.807) is 30.3 Å². The zero-order chi connectivity index (χ0) is 13.1. The number of aromatic nitrogens is 1. The number of hydrogen-bond acceptors (Lipinski definition) is 3. The van der Waals surface area contributed by atoms with Crippen LogP contribution in [0.5, 0.6) is 0 Å². The van der Waals surface area contributed by atoms with Gasteiger partial charge in [0, 0.05) is 10.6 Å². The molecule has 18 heavy (non-hydrogen) atoms. The normalized spacial score (nSPS) is 10.1. The highest BCUT2D eigenvalue weighted by Gasteiger charge is 2.07. The van der Waals surface area contributed by atoms with Gasteiger partial charge in [-0.05, 0) is 42.8 Å². The predicted octanol–water partition coefficient (Wildman–Crippen LogP) is 2.88. The molecule has 0 spiro atoms. The van der Waals surface area contributed by atoms with E-state index in [0.717, 1.165) is 5.56 Å². The molecule has 0 bridgehead atoms. The average Bonchev–Trinajstić information content (AvgIpc) is 2.31. The molecule has 0 aliphatic heterocycles. The fourth-order valence-electron chi connectivity index (χ4n) is 1.55. The Morgan fingerprint density at radius 1 is 1.33 bits per heavy atom. The Hall–Kier alpha value is -2.07. The van der Waals surface area contributed by atoms with Crippen LogP contribution < -0.4 is 11.1 Å². The monoisotopic (exact) mass is 261 g/mol. The number of carbonyl (C=O) groups excluding carboxylic acids is 1. The second kappa shape index (κ2) is 5.06. The predicted molar refractivity (Wildman–Crippen MR) is 72.8 cm³/mol. The molecule has 0 aliphatic rings. The number of anilines is 2. The van der Waals surface area contributed by atoms with Gasteiger partial charge in [0.25, 0.3) is 5.91 Å². The lowest BCUT2D eigenvalue weighted by Crippen LogP contribution is -2.12. The van der Waals surface area contributed by atoms with E-state index in [-0.39, 0.29) is 5.91 Å². The second-order valence-electron chi connectivity index (χ2n) is 3.94. The van der Waals surface area contributed by atoms with Crippen LogP contribution in [0, 0.1) is 6.92 Å².